The summed E-state index contributed by atoms with van der Waals surface area (Å²) in [6.45, 7) is 4.52. The van der Waals surface area contributed by atoms with Crippen LogP contribution in [0.25, 0.3) is 10.9 Å². The van der Waals surface area contributed by atoms with Gasteiger partial charge >= 0.3 is 0 Å². The van der Waals surface area contributed by atoms with Crippen molar-refractivity contribution in [3.8, 4) is 5.75 Å². The van der Waals surface area contributed by atoms with Crippen molar-refractivity contribution in [2.24, 2.45) is 5.92 Å². The summed E-state index contributed by atoms with van der Waals surface area (Å²) in [5.41, 5.74) is 4.46. The molecule has 1 fully saturated rings. The highest BCUT2D eigenvalue weighted by atomic mass is 16.5. The van der Waals surface area contributed by atoms with Gasteiger partial charge in [0.15, 0.2) is 0 Å². The number of hydrogen-bond donors (Lipinski definition) is 0. The van der Waals surface area contributed by atoms with E-state index in [0.29, 0.717) is 43.4 Å². The van der Waals surface area contributed by atoms with Crippen LogP contribution >= 0.6 is 0 Å². The second kappa shape index (κ2) is 9.45. The molecule has 3 aromatic rings. The van der Waals surface area contributed by atoms with Crippen LogP contribution in [0.3, 0.4) is 0 Å². The number of aryl methyl sites for hydroxylation is 1. The molecular weight excluding hydrogens is 426 g/mol. The van der Waals surface area contributed by atoms with E-state index in [-0.39, 0.29) is 11.8 Å². The largest absolute Gasteiger partial charge is 0.496 e. The standard InChI is InChI=1S/C28H31N3O3/c1-19-12-13-24-22(18-19)26(20-8-3-5-10-23(20)29-24)28(33)31-15-7-14-30(16-17-31)27(32)21-9-4-6-11-25(21)34-2/h3-6,8-11,19H,7,12-18H2,1-2H3. The predicted octanol–water partition coefficient (Wildman–Crippen LogP) is 4.36. The summed E-state index contributed by atoms with van der Waals surface area (Å²) in [4.78, 5) is 35.9. The number of carbonyl (C=O) groups excluding carboxylic acids is 2. The number of hydrogen-bond acceptors (Lipinski definition) is 4. The van der Waals surface area contributed by atoms with Crippen LogP contribution in [-0.2, 0) is 12.8 Å². The monoisotopic (exact) mass is 457 g/mol. The van der Waals surface area contributed by atoms with Crippen molar-refractivity contribution in [1.29, 1.82) is 0 Å². The Morgan fingerprint density at radius 1 is 0.941 bits per heavy atom. The zero-order chi connectivity index (χ0) is 23.7. The summed E-state index contributed by atoms with van der Waals surface area (Å²) in [5, 5.41) is 0.937. The van der Waals surface area contributed by atoms with Gasteiger partial charge < -0.3 is 14.5 Å². The number of rotatable bonds is 3. The van der Waals surface area contributed by atoms with Crippen LogP contribution in [0, 0.1) is 5.92 Å². The third-order valence-corrected chi connectivity index (χ3v) is 7.13. The number of aromatic nitrogens is 1. The van der Waals surface area contributed by atoms with Crippen LogP contribution in [-0.4, -0.2) is 59.9 Å². The van der Waals surface area contributed by atoms with Crippen LogP contribution in [0.4, 0.5) is 0 Å². The minimum atomic E-state index is -0.0488. The predicted molar refractivity (Wildman–Crippen MR) is 132 cm³/mol. The lowest BCUT2D eigenvalue weighted by Gasteiger charge is -2.28. The zero-order valence-electron chi connectivity index (χ0n) is 19.9. The van der Waals surface area contributed by atoms with E-state index in [1.165, 1.54) is 0 Å². The molecule has 1 saturated heterocycles. The molecule has 1 unspecified atom stereocenters. The molecule has 1 aliphatic carbocycles. The van der Waals surface area contributed by atoms with Crippen molar-refractivity contribution in [3.63, 3.8) is 0 Å². The summed E-state index contributed by atoms with van der Waals surface area (Å²) in [6, 6.07) is 15.3. The molecule has 2 aliphatic rings. The van der Waals surface area contributed by atoms with Crippen molar-refractivity contribution in [3.05, 3.63) is 70.9 Å². The quantitative estimate of drug-likeness (QED) is 0.586. The Kier molecular flexibility index (Phi) is 6.22. The van der Waals surface area contributed by atoms with Gasteiger partial charge in [-0.05, 0) is 55.4 Å². The van der Waals surface area contributed by atoms with Crippen LogP contribution < -0.4 is 4.74 Å². The first-order valence-corrected chi connectivity index (χ1v) is 12.2. The molecule has 2 amide bonds. The number of amides is 2. The van der Waals surface area contributed by atoms with E-state index in [1.807, 2.05) is 46.2 Å². The summed E-state index contributed by atoms with van der Waals surface area (Å²) in [5.74, 6) is 1.14. The molecule has 0 spiro atoms. The van der Waals surface area contributed by atoms with Gasteiger partial charge in [0.1, 0.15) is 5.75 Å². The molecule has 0 N–H and O–H groups in total. The van der Waals surface area contributed by atoms with E-state index in [4.69, 9.17) is 9.72 Å². The number of ether oxygens (including phenoxy) is 1. The Bertz CT molecular complexity index is 1240. The number of fused-ring (bicyclic) bond motifs is 2. The van der Waals surface area contributed by atoms with E-state index < -0.39 is 0 Å². The number of carbonyl (C=O) groups is 2. The molecule has 2 heterocycles. The van der Waals surface area contributed by atoms with Gasteiger partial charge in [-0.1, -0.05) is 37.3 Å². The first-order valence-electron chi connectivity index (χ1n) is 12.2. The number of benzene rings is 2. The molecule has 0 bridgehead atoms. The molecule has 34 heavy (non-hydrogen) atoms. The minimum absolute atomic E-state index is 0.0488. The van der Waals surface area contributed by atoms with Crippen molar-refractivity contribution >= 4 is 22.7 Å². The van der Waals surface area contributed by atoms with Gasteiger partial charge in [-0.3, -0.25) is 14.6 Å². The fourth-order valence-electron chi connectivity index (χ4n) is 5.28. The van der Waals surface area contributed by atoms with Gasteiger partial charge in [0.25, 0.3) is 11.8 Å². The second-order valence-electron chi connectivity index (χ2n) is 9.42. The van der Waals surface area contributed by atoms with Crippen molar-refractivity contribution in [2.75, 3.05) is 33.3 Å². The van der Waals surface area contributed by atoms with Gasteiger partial charge in [-0.15, -0.1) is 0 Å². The Labute approximate surface area is 200 Å². The van der Waals surface area contributed by atoms with Crippen LogP contribution in [0.15, 0.2) is 48.5 Å². The molecule has 6 heteroatoms. The Morgan fingerprint density at radius 3 is 2.44 bits per heavy atom. The molecule has 0 radical (unpaired) electrons. The molecule has 2 aromatic carbocycles. The highest BCUT2D eigenvalue weighted by Gasteiger charge is 2.30. The molecule has 1 aromatic heterocycles. The van der Waals surface area contributed by atoms with Gasteiger partial charge in [0, 0.05) is 37.3 Å². The van der Waals surface area contributed by atoms with Gasteiger partial charge in [-0.25, -0.2) is 0 Å². The summed E-state index contributed by atoms with van der Waals surface area (Å²) in [6.07, 6.45) is 3.66. The molecule has 0 saturated carbocycles. The zero-order valence-corrected chi connectivity index (χ0v) is 19.9. The number of nitrogens with zero attached hydrogens (tertiary/aromatic N) is 3. The average molecular weight is 458 g/mol. The SMILES string of the molecule is COc1ccccc1C(=O)N1CCCN(C(=O)c2c3c(nc4ccccc24)CCC(C)C3)CC1. The van der Waals surface area contributed by atoms with Crippen LogP contribution in [0.5, 0.6) is 5.75 Å². The third-order valence-electron chi connectivity index (χ3n) is 7.13. The van der Waals surface area contributed by atoms with E-state index in [2.05, 4.69) is 6.92 Å². The number of methoxy groups -OCH3 is 1. The fourth-order valence-corrected chi connectivity index (χ4v) is 5.28. The molecular formula is C28H31N3O3. The van der Waals surface area contributed by atoms with E-state index >= 15 is 0 Å². The summed E-state index contributed by atoms with van der Waals surface area (Å²) < 4.78 is 5.39. The minimum Gasteiger partial charge on any atom is -0.496 e. The average Bonchev–Trinajstić information content (AvgIpc) is 3.13. The molecule has 1 atom stereocenters. The summed E-state index contributed by atoms with van der Waals surface area (Å²) in [7, 11) is 1.58. The Morgan fingerprint density at radius 2 is 1.65 bits per heavy atom. The smallest absolute Gasteiger partial charge is 0.257 e. The highest BCUT2D eigenvalue weighted by Crippen LogP contribution is 2.32. The molecule has 5 rings (SSSR count). The van der Waals surface area contributed by atoms with E-state index in [9.17, 15) is 9.59 Å². The normalized spacial score (nSPS) is 18.4. The van der Waals surface area contributed by atoms with Gasteiger partial charge in [-0.2, -0.15) is 0 Å². The van der Waals surface area contributed by atoms with Gasteiger partial charge in [0.2, 0.25) is 0 Å². The lowest BCUT2D eigenvalue weighted by atomic mass is 9.83. The van der Waals surface area contributed by atoms with Crippen LogP contribution in [0.1, 0.15) is 51.7 Å². The van der Waals surface area contributed by atoms with Gasteiger partial charge in [0.05, 0.1) is 23.8 Å². The van der Waals surface area contributed by atoms with Crippen molar-refractivity contribution in [2.45, 2.75) is 32.6 Å². The van der Waals surface area contributed by atoms with Crippen LogP contribution in [0.2, 0.25) is 0 Å². The first kappa shape index (κ1) is 22.4. The first-order chi connectivity index (χ1) is 16.6. The van der Waals surface area contributed by atoms with E-state index in [1.54, 1.807) is 19.2 Å². The maximum Gasteiger partial charge on any atom is 0.257 e. The molecule has 1 aliphatic heterocycles. The highest BCUT2D eigenvalue weighted by molar-refractivity contribution is 6.08. The second-order valence-corrected chi connectivity index (χ2v) is 9.42. The topological polar surface area (TPSA) is 62.7 Å². The number of para-hydroxylation sites is 2. The lowest BCUT2D eigenvalue weighted by molar-refractivity contribution is 0.0717. The van der Waals surface area contributed by atoms with Crippen molar-refractivity contribution < 1.29 is 14.3 Å². The third kappa shape index (κ3) is 4.13. The van der Waals surface area contributed by atoms with Crippen molar-refractivity contribution in [1.82, 2.24) is 14.8 Å². The summed E-state index contributed by atoms with van der Waals surface area (Å²) >= 11 is 0. The maximum atomic E-state index is 14.0. The van der Waals surface area contributed by atoms with E-state index in [0.717, 1.165) is 53.4 Å². The Balaban J connectivity index is 1.42. The molecule has 176 valence electrons. The fraction of sp³-hybridized carbons (Fsp3) is 0.393. The number of pyridine rings is 1. The lowest BCUT2D eigenvalue weighted by Crippen LogP contribution is -2.38. The molecule has 6 nitrogen and oxygen atoms in total. The maximum absolute atomic E-state index is 14.0. The Hall–Kier alpha value is -3.41.